The fraction of sp³-hybridized carbons (Fsp3) is 0.500. The van der Waals surface area contributed by atoms with E-state index in [9.17, 15) is 19.3 Å². The second kappa shape index (κ2) is 6.07. The summed E-state index contributed by atoms with van der Waals surface area (Å²) in [4.78, 5) is 23.3. The summed E-state index contributed by atoms with van der Waals surface area (Å²) >= 11 is 0. The molecule has 1 aromatic rings. The van der Waals surface area contributed by atoms with E-state index in [4.69, 9.17) is 5.11 Å². The first kappa shape index (κ1) is 15.2. The van der Waals surface area contributed by atoms with Gasteiger partial charge in [-0.15, -0.1) is 0 Å². The third kappa shape index (κ3) is 3.12. The third-order valence-corrected chi connectivity index (χ3v) is 3.93. The summed E-state index contributed by atoms with van der Waals surface area (Å²) in [6.45, 7) is 3.29. The van der Waals surface area contributed by atoms with Gasteiger partial charge in [-0.25, -0.2) is 9.18 Å². The molecule has 0 aromatic heterocycles. The standard InChI is InChI=1S/C14H17FN2O4/c1-2-9-4-3-5-16(8-9)12-6-10(14(18)19)11(15)7-13(12)17(20)21/h6-7,9H,2-5,8H2,1H3,(H,18,19). The average molecular weight is 296 g/mol. The second-order valence-electron chi connectivity index (χ2n) is 5.25. The molecule has 7 heteroatoms. The number of halogens is 1. The molecule has 0 aliphatic carbocycles. The zero-order chi connectivity index (χ0) is 15.6. The molecule has 1 saturated heterocycles. The van der Waals surface area contributed by atoms with Crippen LogP contribution in [0.3, 0.4) is 0 Å². The number of nitro groups is 1. The van der Waals surface area contributed by atoms with E-state index in [1.807, 2.05) is 0 Å². The summed E-state index contributed by atoms with van der Waals surface area (Å²) in [5, 5.41) is 20.1. The second-order valence-corrected chi connectivity index (χ2v) is 5.25. The van der Waals surface area contributed by atoms with Crippen LogP contribution in [0.5, 0.6) is 0 Å². The molecule has 1 aromatic carbocycles. The van der Waals surface area contributed by atoms with E-state index in [-0.39, 0.29) is 11.4 Å². The van der Waals surface area contributed by atoms with Crippen LogP contribution in [0.15, 0.2) is 12.1 Å². The Labute approximate surface area is 121 Å². The molecular formula is C14H17FN2O4. The van der Waals surface area contributed by atoms with Crippen LogP contribution in [-0.2, 0) is 0 Å². The molecule has 1 heterocycles. The Kier molecular flexibility index (Phi) is 4.40. The lowest BCUT2D eigenvalue weighted by Gasteiger charge is -2.33. The Balaban J connectivity index is 2.46. The molecule has 1 unspecified atom stereocenters. The van der Waals surface area contributed by atoms with Crippen molar-refractivity contribution in [2.45, 2.75) is 26.2 Å². The van der Waals surface area contributed by atoms with E-state index in [0.717, 1.165) is 25.3 Å². The molecule has 114 valence electrons. The minimum Gasteiger partial charge on any atom is -0.478 e. The number of nitrogens with zero attached hydrogens (tertiary/aromatic N) is 2. The molecule has 0 radical (unpaired) electrons. The number of hydrogen-bond donors (Lipinski definition) is 1. The number of carboxylic acid groups (broad SMARTS) is 1. The van der Waals surface area contributed by atoms with Crippen molar-refractivity contribution in [3.05, 3.63) is 33.6 Å². The molecule has 0 bridgehead atoms. The van der Waals surface area contributed by atoms with Gasteiger partial charge in [0.1, 0.15) is 11.5 Å². The molecule has 1 aliphatic rings. The predicted octanol–water partition coefficient (Wildman–Crippen LogP) is 3.06. The van der Waals surface area contributed by atoms with E-state index in [0.29, 0.717) is 25.1 Å². The predicted molar refractivity (Wildman–Crippen MR) is 75.2 cm³/mol. The van der Waals surface area contributed by atoms with Crippen molar-refractivity contribution in [1.82, 2.24) is 0 Å². The normalized spacial score (nSPS) is 18.6. The van der Waals surface area contributed by atoms with Gasteiger partial charge in [-0.05, 0) is 24.8 Å². The molecule has 1 fully saturated rings. The number of piperidine rings is 1. The first-order valence-electron chi connectivity index (χ1n) is 6.90. The van der Waals surface area contributed by atoms with E-state index in [1.54, 1.807) is 4.90 Å². The summed E-state index contributed by atoms with van der Waals surface area (Å²) in [5.74, 6) is -2.09. The monoisotopic (exact) mass is 296 g/mol. The maximum Gasteiger partial charge on any atom is 0.338 e. The van der Waals surface area contributed by atoms with Crippen molar-refractivity contribution in [2.75, 3.05) is 18.0 Å². The van der Waals surface area contributed by atoms with Gasteiger partial charge in [0, 0.05) is 13.1 Å². The van der Waals surface area contributed by atoms with Crippen LogP contribution in [0.2, 0.25) is 0 Å². The lowest BCUT2D eigenvalue weighted by molar-refractivity contribution is -0.384. The number of carboxylic acids is 1. The Bertz CT molecular complexity index is 576. The first-order chi connectivity index (χ1) is 9.93. The SMILES string of the molecule is CCC1CCCN(c2cc(C(=O)O)c(F)cc2[N+](=O)[O-])C1. The summed E-state index contributed by atoms with van der Waals surface area (Å²) in [6, 6.07) is 1.78. The fourth-order valence-corrected chi connectivity index (χ4v) is 2.73. The number of anilines is 1. The highest BCUT2D eigenvalue weighted by molar-refractivity contribution is 5.90. The Hall–Kier alpha value is -2.18. The molecule has 21 heavy (non-hydrogen) atoms. The van der Waals surface area contributed by atoms with E-state index >= 15 is 0 Å². The molecule has 1 aliphatic heterocycles. The fourth-order valence-electron chi connectivity index (χ4n) is 2.73. The van der Waals surface area contributed by atoms with Crippen LogP contribution in [-0.4, -0.2) is 29.1 Å². The van der Waals surface area contributed by atoms with E-state index in [2.05, 4.69) is 6.92 Å². The van der Waals surface area contributed by atoms with Crippen molar-refractivity contribution in [3.63, 3.8) is 0 Å². The third-order valence-electron chi connectivity index (χ3n) is 3.93. The van der Waals surface area contributed by atoms with Crippen molar-refractivity contribution >= 4 is 17.3 Å². The first-order valence-corrected chi connectivity index (χ1v) is 6.90. The van der Waals surface area contributed by atoms with Gasteiger partial charge < -0.3 is 10.0 Å². The van der Waals surface area contributed by atoms with Crippen molar-refractivity contribution in [2.24, 2.45) is 5.92 Å². The van der Waals surface area contributed by atoms with Gasteiger partial charge in [-0.3, -0.25) is 10.1 Å². The Morgan fingerprint density at radius 2 is 2.29 bits per heavy atom. The van der Waals surface area contributed by atoms with Gasteiger partial charge in [0.15, 0.2) is 0 Å². The highest BCUT2D eigenvalue weighted by atomic mass is 19.1. The van der Waals surface area contributed by atoms with Gasteiger partial charge in [-0.1, -0.05) is 13.3 Å². The molecule has 0 amide bonds. The van der Waals surface area contributed by atoms with Crippen LogP contribution in [0, 0.1) is 21.8 Å². The number of benzene rings is 1. The summed E-state index contributed by atoms with van der Waals surface area (Å²) < 4.78 is 13.6. The van der Waals surface area contributed by atoms with Crippen LogP contribution in [0.4, 0.5) is 15.8 Å². The Morgan fingerprint density at radius 1 is 1.57 bits per heavy atom. The van der Waals surface area contributed by atoms with Gasteiger partial charge >= 0.3 is 5.97 Å². The van der Waals surface area contributed by atoms with Crippen LogP contribution >= 0.6 is 0 Å². The van der Waals surface area contributed by atoms with Crippen LogP contribution < -0.4 is 4.90 Å². The largest absolute Gasteiger partial charge is 0.478 e. The van der Waals surface area contributed by atoms with Gasteiger partial charge in [0.2, 0.25) is 0 Å². The number of nitro benzene ring substituents is 1. The number of aromatic carboxylic acids is 1. The van der Waals surface area contributed by atoms with Gasteiger partial charge in [-0.2, -0.15) is 0 Å². The molecule has 1 N–H and O–H groups in total. The zero-order valence-corrected chi connectivity index (χ0v) is 11.7. The lowest BCUT2D eigenvalue weighted by atomic mass is 9.95. The van der Waals surface area contributed by atoms with Gasteiger partial charge in [0.25, 0.3) is 5.69 Å². The molecule has 2 rings (SSSR count). The smallest absolute Gasteiger partial charge is 0.338 e. The Morgan fingerprint density at radius 3 is 2.86 bits per heavy atom. The topological polar surface area (TPSA) is 83.7 Å². The minimum atomic E-state index is -1.42. The lowest BCUT2D eigenvalue weighted by Crippen LogP contribution is -2.35. The van der Waals surface area contributed by atoms with E-state index < -0.39 is 22.3 Å². The van der Waals surface area contributed by atoms with Crippen molar-refractivity contribution in [3.8, 4) is 0 Å². The van der Waals surface area contributed by atoms with Crippen LogP contribution in [0.25, 0.3) is 0 Å². The molecule has 0 saturated carbocycles. The molecular weight excluding hydrogens is 279 g/mol. The summed E-state index contributed by atoms with van der Waals surface area (Å²) in [7, 11) is 0. The number of rotatable bonds is 4. The summed E-state index contributed by atoms with van der Waals surface area (Å²) in [5.41, 5.74) is -0.722. The molecule has 1 atom stereocenters. The van der Waals surface area contributed by atoms with Crippen molar-refractivity contribution in [1.29, 1.82) is 0 Å². The highest BCUT2D eigenvalue weighted by Gasteiger charge is 2.28. The van der Waals surface area contributed by atoms with Crippen molar-refractivity contribution < 1.29 is 19.2 Å². The van der Waals surface area contributed by atoms with Gasteiger partial charge in [0.05, 0.1) is 16.6 Å². The maximum absolute atomic E-state index is 13.6. The molecule has 0 spiro atoms. The zero-order valence-electron chi connectivity index (χ0n) is 11.7. The number of carbonyl (C=O) groups is 1. The number of hydrogen-bond acceptors (Lipinski definition) is 4. The summed E-state index contributed by atoms with van der Waals surface area (Å²) in [6.07, 6.45) is 2.89. The average Bonchev–Trinajstić information content (AvgIpc) is 2.46. The van der Waals surface area contributed by atoms with Crippen LogP contribution in [0.1, 0.15) is 36.5 Å². The maximum atomic E-state index is 13.6. The molecule has 6 nitrogen and oxygen atoms in total. The minimum absolute atomic E-state index is 0.192. The quantitative estimate of drug-likeness (QED) is 0.682. The highest BCUT2D eigenvalue weighted by Crippen LogP contribution is 2.34. The van der Waals surface area contributed by atoms with E-state index in [1.165, 1.54) is 0 Å².